The first kappa shape index (κ1) is 12.3. The molecule has 1 aromatic rings. The van der Waals surface area contributed by atoms with Crippen LogP contribution in [0, 0.1) is 5.82 Å². The molecule has 0 aliphatic carbocycles. The van der Waals surface area contributed by atoms with E-state index in [-0.39, 0.29) is 17.9 Å². The number of methoxy groups -OCH3 is 1. The molecule has 0 unspecified atom stereocenters. The van der Waals surface area contributed by atoms with Crippen LogP contribution >= 0.6 is 0 Å². The number of halogens is 1. The number of hydrogen-bond donors (Lipinski definition) is 2. The van der Waals surface area contributed by atoms with Gasteiger partial charge in [-0.2, -0.15) is 0 Å². The van der Waals surface area contributed by atoms with Crippen LogP contribution < -0.4 is 4.74 Å². The molecule has 0 radical (unpaired) electrons. The van der Waals surface area contributed by atoms with E-state index in [2.05, 4.69) is 0 Å². The van der Waals surface area contributed by atoms with Crippen molar-refractivity contribution in [1.82, 2.24) is 0 Å². The van der Waals surface area contributed by atoms with Gasteiger partial charge in [0.05, 0.1) is 7.11 Å². The van der Waals surface area contributed by atoms with E-state index in [0.717, 1.165) is 6.07 Å². The summed E-state index contributed by atoms with van der Waals surface area (Å²) >= 11 is 0. The van der Waals surface area contributed by atoms with E-state index in [0.29, 0.717) is 18.4 Å². The molecule has 2 N–H and O–H groups in total. The fourth-order valence-electron chi connectivity index (χ4n) is 1.37. The summed E-state index contributed by atoms with van der Waals surface area (Å²) in [5.74, 6) is -1.58. The summed E-state index contributed by atoms with van der Waals surface area (Å²) in [4.78, 5) is 10.3. The van der Waals surface area contributed by atoms with Crippen LogP contribution in [0.25, 0.3) is 0 Å². The molecule has 1 rings (SSSR count). The Morgan fingerprint density at radius 3 is 2.75 bits per heavy atom. The molecule has 88 valence electrons. The van der Waals surface area contributed by atoms with Gasteiger partial charge in [-0.15, -0.1) is 0 Å². The maximum Gasteiger partial charge on any atom is 0.303 e. The monoisotopic (exact) mass is 228 g/mol. The Bertz CT molecular complexity index is 390. The topological polar surface area (TPSA) is 66.8 Å². The Morgan fingerprint density at radius 2 is 2.19 bits per heavy atom. The summed E-state index contributed by atoms with van der Waals surface area (Å²) in [6, 6.07) is 2.35. The van der Waals surface area contributed by atoms with E-state index in [1.54, 1.807) is 0 Å². The van der Waals surface area contributed by atoms with Crippen molar-refractivity contribution in [2.24, 2.45) is 0 Å². The van der Waals surface area contributed by atoms with Gasteiger partial charge in [0.1, 0.15) is 5.75 Å². The van der Waals surface area contributed by atoms with E-state index >= 15 is 0 Å². The molecule has 0 amide bonds. The number of carboxylic acids is 1. The molecule has 0 saturated heterocycles. The Labute approximate surface area is 92.3 Å². The molecule has 0 heterocycles. The average Bonchev–Trinajstić information content (AvgIpc) is 2.22. The summed E-state index contributed by atoms with van der Waals surface area (Å²) < 4.78 is 18.0. The second-order valence-corrected chi connectivity index (χ2v) is 3.36. The largest absolute Gasteiger partial charge is 0.508 e. The highest BCUT2D eigenvalue weighted by Gasteiger charge is 2.09. The Morgan fingerprint density at radius 1 is 1.50 bits per heavy atom. The Hall–Kier alpha value is -1.78. The highest BCUT2D eigenvalue weighted by atomic mass is 19.1. The molecule has 0 aliphatic heterocycles. The SMILES string of the molecule is COc1cc(O)c(CCCC(=O)O)cc1F. The van der Waals surface area contributed by atoms with E-state index in [4.69, 9.17) is 9.84 Å². The molecule has 1 aromatic carbocycles. The smallest absolute Gasteiger partial charge is 0.303 e. The summed E-state index contributed by atoms with van der Waals surface area (Å²) in [7, 11) is 1.31. The van der Waals surface area contributed by atoms with Gasteiger partial charge in [-0.1, -0.05) is 0 Å². The zero-order valence-corrected chi connectivity index (χ0v) is 8.86. The summed E-state index contributed by atoms with van der Waals surface area (Å²) in [6.45, 7) is 0. The predicted molar refractivity (Wildman–Crippen MR) is 55.2 cm³/mol. The molecule has 16 heavy (non-hydrogen) atoms. The van der Waals surface area contributed by atoms with Crippen LogP contribution in [0.3, 0.4) is 0 Å². The minimum atomic E-state index is -0.909. The first-order valence-corrected chi connectivity index (χ1v) is 4.81. The lowest BCUT2D eigenvalue weighted by Gasteiger charge is -2.07. The minimum absolute atomic E-state index is 0.00686. The van der Waals surface area contributed by atoms with Crippen LogP contribution in [-0.2, 0) is 11.2 Å². The third-order valence-corrected chi connectivity index (χ3v) is 2.19. The van der Waals surface area contributed by atoms with Crippen LogP contribution in [0.5, 0.6) is 11.5 Å². The van der Waals surface area contributed by atoms with Gasteiger partial charge in [-0.25, -0.2) is 4.39 Å². The third-order valence-electron chi connectivity index (χ3n) is 2.19. The first-order valence-electron chi connectivity index (χ1n) is 4.81. The highest BCUT2D eigenvalue weighted by molar-refractivity contribution is 5.66. The van der Waals surface area contributed by atoms with Gasteiger partial charge in [0.25, 0.3) is 0 Å². The average molecular weight is 228 g/mol. The Balaban J connectivity index is 2.73. The zero-order valence-electron chi connectivity index (χ0n) is 8.86. The molecule has 0 spiro atoms. The molecule has 4 nitrogen and oxygen atoms in total. The number of aliphatic carboxylic acids is 1. The lowest BCUT2D eigenvalue weighted by atomic mass is 10.1. The predicted octanol–water partition coefficient (Wildman–Crippen LogP) is 1.95. The van der Waals surface area contributed by atoms with E-state index in [1.807, 2.05) is 0 Å². The second-order valence-electron chi connectivity index (χ2n) is 3.36. The van der Waals surface area contributed by atoms with Crippen molar-refractivity contribution in [1.29, 1.82) is 0 Å². The van der Waals surface area contributed by atoms with E-state index < -0.39 is 11.8 Å². The molecule has 0 bridgehead atoms. The van der Waals surface area contributed by atoms with Crippen LogP contribution in [0.1, 0.15) is 18.4 Å². The number of hydrogen-bond acceptors (Lipinski definition) is 3. The van der Waals surface area contributed by atoms with Crippen molar-refractivity contribution in [3.63, 3.8) is 0 Å². The molecule has 0 fully saturated rings. The van der Waals surface area contributed by atoms with E-state index in [9.17, 15) is 14.3 Å². The van der Waals surface area contributed by atoms with Crippen LogP contribution in [0.2, 0.25) is 0 Å². The minimum Gasteiger partial charge on any atom is -0.508 e. The van der Waals surface area contributed by atoms with Crippen LogP contribution in [0.15, 0.2) is 12.1 Å². The number of rotatable bonds is 5. The van der Waals surface area contributed by atoms with Gasteiger partial charge in [-0.05, 0) is 24.5 Å². The number of carboxylic acid groups (broad SMARTS) is 1. The van der Waals surface area contributed by atoms with Crippen LogP contribution in [0.4, 0.5) is 4.39 Å². The van der Waals surface area contributed by atoms with Crippen molar-refractivity contribution in [3.05, 3.63) is 23.5 Å². The number of aryl methyl sites for hydroxylation is 1. The van der Waals surface area contributed by atoms with Crippen molar-refractivity contribution >= 4 is 5.97 Å². The normalized spacial score (nSPS) is 10.1. The molecule has 0 aliphatic rings. The summed E-state index contributed by atoms with van der Waals surface area (Å²) in [6.07, 6.45) is 0.667. The van der Waals surface area contributed by atoms with Gasteiger partial charge in [0.2, 0.25) is 0 Å². The Kier molecular flexibility index (Phi) is 4.10. The number of ether oxygens (including phenoxy) is 1. The molecule has 5 heteroatoms. The van der Waals surface area contributed by atoms with E-state index in [1.165, 1.54) is 13.2 Å². The standard InChI is InChI=1S/C11H13FO4/c1-16-10-6-9(13)7(5-8(10)12)3-2-4-11(14)15/h5-6,13H,2-4H2,1H3,(H,14,15). The number of carbonyl (C=O) groups is 1. The third kappa shape index (κ3) is 3.12. The number of benzene rings is 1. The second kappa shape index (κ2) is 5.34. The lowest BCUT2D eigenvalue weighted by molar-refractivity contribution is -0.137. The molecular formula is C11H13FO4. The van der Waals surface area contributed by atoms with Gasteiger partial charge >= 0.3 is 5.97 Å². The number of aromatic hydroxyl groups is 1. The fraction of sp³-hybridized carbons (Fsp3) is 0.364. The quantitative estimate of drug-likeness (QED) is 0.808. The zero-order chi connectivity index (χ0) is 12.1. The highest BCUT2D eigenvalue weighted by Crippen LogP contribution is 2.27. The van der Waals surface area contributed by atoms with Crippen LogP contribution in [-0.4, -0.2) is 23.3 Å². The molecule has 0 aromatic heterocycles. The van der Waals surface area contributed by atoms with Gasteiger partial charge in [-0.3, -0.25) is 4.79 Å². The lowest BCUT2D eigenvalue weighted by Crippen LogP contribution is -1.97. The van der Waals surface area contributed by atoms with Gasteiger partial charge in [0.15, 0.2) is 11.6 Å². The van der Waals surface area contributed by atoms with Gasteiger partial charge < -0.3 is 14.9 Å². The summed E-state index contributed by atoms with van der Waals surface area (Å²) in [5.41, 5.74) is 0.388. The molecular weight excluding hydrogens is 215 g/mol. The van der Waals surface area contributed by atoms with Crippen molar-refractivity contribution < 1.29 is 24.1 Å². The number of phenols is 1. The van der Waals surface area contributed by atoms with Crippen molar-refractivity contribution in [2.45, 2.75) is 19.3 Å². The van der Waals surface area contributed by atoms with Crippen molar-refractivity contribution in [2.75, 3.05) is 7.11 Å². The maximum atomic E-state index is 13.3. The molecule has 0 saturated carbocycles. The maximum absolute atomic E-state index is 13.3. The molecule has 0 atom stereocenters. The van der Waals surface area contributed by atoms with Gasteiger partial charge in [0, 0.05) is 12.5 Å². The summed E-state index contributed by atoms with van der Waals surface area (Å²) in [5, 5.41) is 18.0. The number of phenolic OH excluding ortho intramolecular Hbond substituents is 1. The first-order chi connectivity index (χ1) is 7.54. The van der Waals surface area contributed by atoms with Crippen molar-refractivity contribution in [3.8, 4) is 11.5 Å². The fourth-order valence-corrected chi connectivity index (χ4v) is 1.37.